The minimum absolute atomic E-state index is 0.175. The van der Waals surface area contributed by atoms with Crippen molar-refractivity contribution < 1.29 is 19.2 Å². The molecule has 1 unspecified atom stereocenters. The number of nitrogens with one attached hydrogen (secondary N) is 1. The third kappa shape index (κ3) is 3.50. The minimum atomic E-state index is -0.667. The first-order chi connectivity index (χ1) is 16.9. The summed E-state index contributed by atoms with van der Waals surface area (Å²) in [7, 11) is 0. The van der Waals surface area contributed by atoms with E-state index in [0.717, 1.165) is 11.3 Å². The van der Waals surface area contributed by atoms with Crippen molar-refractivity contribution in [1.29, 1.82) is 0 Å². The van der Waals surface area contributed by atoms with Crippen LogP contribution in [0.1, 0.15) is 57.9 Å². The lowest BCUT2D eigenvalue weighted by Crippen LogP contribution is -2.52. The summed E-state index contributed by atoms with van der Waals surface area (Å²) in [6.07, 6.45) is 4.14. The van der Waals surface area contributed by atoms with Crippen molar-refractivity contribution in [3.8, 4) is 5.69 Å². The molecule has 1 aromatic carbocycles. The van der Waals surface area contributed by atoms with E-state index in [1.165, 1.54) is 9.58 Å². The van der Waals surface area contributed by atoms with Crippen molar-refractivity contribution >= 4 is 23.6 Å². The number of benzene rings is 1. The Balaban J connectivity index is 1.20. The standard InChI is InChI=1S/C24H23N7O4/c1-14-10-28(12-17-3-2-8-29(14)17)24(35)19-13-31(27-26-19)16-4-5-18-15(9-16)11-30(23(18)34)20-6-7-21(32)25-22(20)33/h2-5,8-9,13-14,20H,6-7,10-12H2,1H3,(H,25,32,33)/t14-,20?/m1/s1. The van der Waals surface area contributed by atoms with Crippen molar-refractivity contribution in [2.75, 3.05) is 6.54 Å². The molecule has 0 spiro atoms. The van der Waals surface area contributed by atoms with Gasteiger partial charge in [-0.05, 0) is 49.2 Å². The molecule has 2 aromatic heterocycles. The number of carbonyl (C=O) groups excluding carboxylic acids is 4. The summed E-state index contributed by atoms with van der Waals surface area (Å²) < 4.78 is 3.69. The summed E-state index contributed by atoms with van der Waals surface area (Å²) in [5.74, 6) is -1.18. The predicted octanol–water partition coefficient (Wildman–Crippen LogP) is 1.05. The van der Waals surface area contributed by atoms with E-state index in [9.17, 15) is 19.2 Å². The van der Waals surface area contributed by atoms with Gasteiger partial charge in [0.2, 0.25) is 11.8 Å². The number of aromatic nitrogens is 4. The van der Waals surface area contributed by atoms with E-state index in [1.54, 1.807) is 23.2 Å². The van der Waals surface area contributed by atoms with E-state index in [0.29, 0.717) is 30.8 Å². The molecule has 6 rings (SSSR count). The summed E-state index contributed by atoms with van der Waals surface area (Å²) in [5, 5.41) is 10.6. The molecule has 2 atom stereocenters. The molecule has 4 amide bonds. The van der Waals surface area contributed by atoms with Gasteiger partial charge in [-0.3, -0.25) is 24.5 Å². The number of carbonyl (C=O) groups is 4. The largest absolute Gasteiger partial charge is 0.345 e. The summed E-state index contributed by atoms with van der Waals surface area (Å²) in [4.78, 5) is 53.0. The number of fused-ring (bicyclic) bond motifs is 2. The molecule has 0 saturated carbocycles. The van der Waals surface area contributed by atoms with Crippen LogP contribution in [0.3, 0.4) is 0 Å². The number of hydrogen-bond acceptors (Lipinski definition) is 6. The van der Waals surface area contributed by atoms with Crippen LogP contribution in [-0.2, 0) is 22.7 Å². The maximum atomic E-state index is 13.1. The Labute approximate surface area is 200 Å². The first kappa shape index (κ1) is 21.3. The SMILES string of the molecule is C[C@@H]1CN(C(=O)c2cn(-c3ccc4c(c3)CN(C3CCC(=O)NC3=O)C4=O)nn2)Cc2cccn21. The maximum Gasteiger partial charge on any atom is 0.276 e. The van der Waals surface area contributed by atoms with E-state index >= 15 is 0 Å². The molecule has 0 bridgehead atoms. The normalized spacial score (nSPS) is 21.7. The van der Waals surface area contributed by atoms with Gasteiger partial charge in [0.05, 0.1) is 18.4 Å². The molecule has 1 fully saturated rings. The first-order valence-corrected chi connectivity index (χ1v) is 11.5. The van der Waals surface area contributed by atoms with E-state index < -0.39 is 11.9 Å². The van der Waals surface area contributed by atoms with Gasteiger partial charge in [0, 0.05) is 43.0 Å². The van der Waals surface area contributed by atoms with Crippen LogP contribution in [0.2, 0.25) is 0 Å². The first-order valence-electron chi connectivity index (χ1n) is 11.5. The quantitative estimate of drug-likeness (QED) is 0.568. The van der Waals surface area contributed by atoms with Crippen molar-refractivity contribution in [3.63, 3.8) is 0 Å². The van der Waals surface area contributed by atoms with Gasteiger partial charge >= 0.3 is 0 Å². The van der Waals surface area contributed by atoms with Crippen molar-refractivity contribution in [1.82, 2.24) is 34.7 Å². The van der Waals surface area contributed by atoms with Gasteiger partial charge in [-0.25, -0.2) is 4.68 Å². The van der Waals surface area contributed by atoms with E-state index in [1.807, 2.05) is 24.4 Å². The number of hydrogen-bond donors (Lipinski definition) is 1. The fraction of sp³-hybridized carbons (Fsp3) is 0.333. The van der Waals surface area contributed by atoms with Crippen LogP contribution in [0.25, 0.3) is 5.69 Å². The minimum Gasteiger partial charge on any atom is -0.345 e. The van der Waals surface area contributed by atoms with Gasteiger partial charge in [-0.1, -0.05) is 5.21 Å². The molecule has 0 aliphatic carbocycles. The van der Waals surface area contributed by atoms with Crippen LogP contribution in [0.4, 0.5) is 0 Å². The molecule has 35 heavy (non-hydrogen) atoms. The van der Waals surface area contributed by atoms with Crippen molar-refractivity contribution in [3.05, 3.63) is 65.2 Å². The summed E-state index contributed by atoms with van der Waals surface area (Å²) in [6, 6.07) is 8.76. The average molecular weight is 473 g/mol. The third-order valence-corrected chi connectivity index (χ3v) is 6.95. The van der Waals surface area contributed by atoms with Crippen LogP contribution < -0.4 is 5.32 Å². The summed E-state index contributed by atoms with van der Waals surface area (Å²) in [6.45, 7) is 3.44. The Morgan fingerprint density at radius 1 is 1.14 bits per heavy atom. The predicted molar refractivity (Wildman–Crippen MR) is 121 cm³/mol. The second-order valence-electron chi connectivity index (χ2n) is 9.23. The van der Waals surface area contributed by atoms with Crippen LogP contribution in [-0.4, -0.2) is 65.6 Å². The zero-order valence-corrected chi connectivity index (χ0v) is 19.0. The third-order valence-electron chi connectivity index (χ3n) is 6.95. The highest BCUT2D eigenvalue weighted by Crippen LogP contribution is 2.29. The van der Waals surface area contributed by atoms with E-state index in [-0.39, 0.29) is 42.4 Å². The fourth-order valence-corrected chi connectivity index (χ4v) is 5.17. The molecule has 1 saturated heterocycles. The molecule has 5 heterocycles. The maximum absolute atomic E-state index is 13.1. The van der Waals surface area contributed by atoms with Gasteiger partial charge in [-0.2, -0.15) is 0 Å². The highest BCUT2D eigenvalue weighted by molar-refractivity contribution is 6.05. The molecular weight excluding hydrogens is 450 g/mol. The van der Waals surface area contributed by atoms with Crippen molar-refractivity contribution in [2.45, 2.75) is 44.9 Å². The zero-order chi connectivity index (χ0) is 24.3. The Morgan fingerprint density at radius 3 is 2.83 bits per heavy atom. The van der Waals surface area contributed by atoms with Gasteiger partial charge < -0.3 is 14.4 Å². The smallest absolute Gasteiger partial charge is 0.276 e. The topological polar surface area (TPSA) is 122 Å². The number of piperidine rings is 1. The van der Waals surface area contributed by atoms with Gasteiger partial charge in [0.1, 0.15) is 6.04 Å². The van der Waals surface area contributed by atoms with E-state index in [2.05, 4.69) is 27.1 Å². The number of rotatable bonds is 3. The highest BCUT2D eigenvalue weighted by atomic mass is 16.2. The second-order valence-corrected chi connectivity index (χ2v) is 9.23. The Bertz CT molecular complexity index is 1390. The fourth-order valence-electron chi connectivity index (χ4n) is 5.17. The lowest BCUT2D eigenvalue weighted by atomic mass is 10.0. The summed E-state index contributed by atoms with van der Waals surface area (Å²) >= 11 is 0. The lowest BCUT2D eigenvalue weighted by molar-refractivity contribution is -0.136. The Morgan fingerprint density at radius 2 is 2.00 bits per heavy atom. The Kier molecular flexibility index (Phi) is 4.80. The van der Waals surface area contributed by atoms with Crippen LogP contribution in [0, 0.1) is 0 Å². The molecule has 3 aliphatic rings. The molecule has 178 valence electrons. The zero-order valence-electron chi connectivity index (χ0n) is 19.0. The number of amides is 4. The molecular formula is C24H23N7O4. The van der Waals surface area contributed by atoms with E-state index in [4.69, 9.17) is 0 Å². The van der Waals surface area contributed by atoms with Gasteiger partial charge in [-0.15, -0.1) is 5.10 Å². The molecule has 3 aromatic rings. The molecule has 1 N–H and O–H groups in total. The lowest BCUT2D eigenvalue weighted by Gasteiger charge is -2.32. The molecule has 11 heteroatoms. The highest BCUT2D eigenvalue weighted by Gasteiger charge is 2.39. The monoisotopic (exact) mass is 473 g/mol. The molecule has 0 radical (unpaired) electrons. The van der Waals surface area contributed by atoms with Crippen LogP contribution in [0.5, 0.6) is 0 Å². The molecule has 11 nitrogen and oxygen atoms in total. The number of imide groups is 1. The van der Waals surface area contributed by atoms with Crippen LogP contribution in [0.15, 0.2) is 42.7 Å². The summed E-state index contributed by atoms with van der Waals surface area (Å²) in [5.41, 5.74) is 3.26. The Hall–Kier alpha value is -4.28. The van der Waals surface area contributed by atoms with Crippen molar-refractivity contribution in [2.24, 2.45) is 0 Å². The average Bonchev–Trinajstić information content (AvgIpc) is 3.58. The van der Waals surface area contributed by atoms with Gasteiger partial charge in [0.25, 0.3) is 11.8 Å². The second kappa shape index (κ2) is 7.90. The van der Waals surface area contributed by atoms with Crippen LogP contribution >= 0.6 is 0 Å². The van der Waals surface area contributed by atoms with Gasteiger partial charge in [0.15, 0.2) is 5.69 Å². The number of nitrogens with zero attached hydrogens (tertiary/aromatic N) is 6. The molecule has 3 aliphatic heterocycles.